The molecule has 3 aromatic carbocycles. The van der Waals surface area contributed by atoms with Gasteiger partial charge in [-0.1, -0.05) is 89.9 Å². The zero-order chi connectivity index (χ0) is 20.8. The standard InChI is InChI=1S/C25H22Cl2N2O/c26-22-12-11-21(24(27)16-22)15-23(29-14-13-28-18-29)17-30-25(19-7-3-1-4-8-19)20-9-5-2-6-10-20/h1-14,16,18,23,25H,15,17H2. The number of benzene rings is 3. The number of hydrogen-bond acceptors (Lipinski definition) is 2. The van der Waals surface area contributed by atoms with Gasteiger partial charge in [0.05, 0.1) is 19.0 Å². The van der Waals surface area contributed by atoms with Gasteiger partial charge in [0.1, 0.15) is 6.10 Å². The predicted octanol–water partition coefficient (Wildman–Crippen LogP) is 6.78. The predicted molar refractivity (Wildman–Crippen MR) is 122 cm³/mol. The molecule has 0 radical (unpaired) electrons. The lowest BCUT2D eigenvalue weighted by atomic mass is 10.0. The Balaban J connectivity index is 1.58. The van der Waals surface area contributed by atoms with Crippen molar-refractivity contribution in [1.29, 1.82) is 0 Å². The number of halogens is 2. The summed E-state index contributed by atoms with van der Waals surface area (Å²) in [5.41, 5.74) is 3.27. The second-order valence-corrected chi connectivity index (χ2v) is 7.98. The van der Waals surface area contributed by atoms with Gasteiger partial charge in [0, 0.05) is 22.4 Å². The lowest BCUT2D eigenvalue weighted by Gasteiger charge is -2.24. The summed E-state index contributed by atoms with van der Waals surface area (Å²) in [5.74, 6) is 0. The molecule has 4 rings (SSSR count). The van der Waals surface area contributed by atoms with Gasteiger partial charge in [-0.2, -0.15) is 0 Å². The van der Waals surface area contributed by atoms with E-state index in [0.717, 1.165) is 16.7 Å². The molecular formula is C25H22Cl2N2O. The largest absolute Gasteiger partial charge is 0.367 e. The fraction of sp³-hybridized carbons (Fsp3) is 0.160. The summed E-state index contributed by atoms with van der Waals surface area (Å²) in [4.78, 5) is 4.22. The van der Waals surface area contributed by atoms with E-state index in [2.05, 4.69) is 33.8 Å². The van der Waals surface area contributed by atoms with E-state index in [1.165, 1.54) is 0 Å². The molecule has 0 amide bonds. The average molecular weight is 437 g/mol. The van der Waals surface area contributed by atoms with Crippen molar-refractivity contribution in [3.63, 3.8) is 0 Å². The highest BCUT2D eigenvalue weighted by atomic mass is 35.5. The van der Waals surface area contributed by atoms with Crippen molar-refractivity contribution < 1.29 is 4.74 Å². The summed E-state index contributed by atoms with van der Waals surface area (Å²) in [7, 11) is 0. The minimum Gasteiger partial charge on any atom is -0.367 e. The van der Waals surface area contributed by atoms with E-state index in [0.29, 0.717) is 23.1 Å². The molecule has 1 unspecified atom stereocenters. The summed E-state index contributed by atoms with van der Waals surface area (Å²) in [6.45, 7) is 0.504. The highest BCUT2D eigenvalue weighted by Crippen LogP contribution is 2.29. The molecule has 1 atom stereocenters. The van der Waals surface area contributed by atoms with Crippen LogP contribution in [-0.2, 0) is 11.2 Å². The Morgan fingerprint density at radius 2 is 1.53 bits per heavy atom. The molecule has 5 heteroatoms. The summed E-state index contributed by atoms with van der Waals surface area (Å²) in [6.07, 6.45) is 6.11. The van der Waals surface area contributed by atoms with Gasteiger partial charge in [-0.3, -0.25) is 0 Å². The van der Waals surface area contributed by atoms with Crippen molar-refractivity contribution in [1.82, 2.24) is 9.55 Å². The molecule has 0 N–H and O–H groups in total. The van der Waals surface area contributed by atoms with E-state index in [4.69, 9.17) is 27.9 Å². The van der Waals surface area contributed by atoms with Crippen molar-refractivity contribution >= 4 is 23.2 Å². The maximum absolute atomic E-state index is 6.52. The van der Waals surface area contributed by atoms with Crippen molar-refractivity contribution in [3.8, 4) is 0 Å². The van der Waals surface area contributed by atoms with Gasteiger partial charge in [0.15, 0.2) is 0 Å². The summed E-state index contributed by atoms with van der Waals surface area (Å²) in [5, 5.41) is 1.29. The van der Waals surface area contributed by atoms with Crippen LogP contribution in [-0.4, -0.2) is 16.2 Å². The highest BCUT2D eigenvalue weighted by Gasteiger charge is 2.19. The van der Waals surface area contributed by atoms with Crippen LogP contribution < -0.4 is 0 Å². The highest BCUT2D eigenvalue weighted by molar-refractivity contribution is 6.35. The molecule has 4 aromatic rings. The molecule has 0 fully saturated rings. The van der Waals surface area contributed by atoms with Gasteiger partial charge in [0.25, 0.3) is 0 Å². The molecule has 152 valence electrons. The molecule has 1 heterocycles. The first-order valence-corrected chi connectivity index (χ1v) is 10.6. The van der Waals surface area contributed by atoms with Crippen LogP contribution in [0.15, 0.2) is 97.6 Å². The van der Waals surface area contributed by atoms with Crippen LogP contribution in [0.1, 0.15) is 28.8 Å². The Morgan fingerprint density at radius 3 is 2.10 bits per heavy atom. The van der Waals surface area contributed by atoms with Crippen LogP contribution in [0.3, 0.4) is 0 Å². The number of hydrogen-bond donors (Lipinski definition) is 0. The maximum Gasteiger partial charge on any atom is 0.108 e. The van der Waals surface area contributed by atoms with E-state index < -0.39 is 0 Å². The Hall–Kier alpha value is -2.59. The molecule has 0 aliphatic heterocycles. The molecule has 3 nitrogen and oxygen atoms in total. The summed E-state index contributed by atoms with van der Waals surface area (Å²) in [6, 6.07) is 26.2. The topological polar surface area (TPSA) is 27.1 Å². The first kappa shape index (κ1) is 20.7. The van der Waals surface area contributed by atoms with E-state index in [9.17, 15) is 0 Å². The molecule has 30 heavy (non-hydrogen) atoms. The van der Waals surface area contributed by atoms with E-state index >= 15 is 0 Å². The third-order valence-corrected chi connectivity index (χ3v) is 5.66. The fourth-order valence-electron chi connectivity index (χ4n) is 3.52. The molecule has 1 aromatic heterocycles. The third-order valence-electron chi connectivity index (χ3n) is 5.08. The van der Waals surface area contributed by atoms with Gasteiger partial charge >= 0.3 is 0 Å². The molecular weight excluding hydrogens is 415 g/mol. The Morgan fingerprint density at radius 1 is 0.867 bits per heavy atom. The summed E-state index contributed by atoms with van der Waals surface area (Å²) >= 11 is 12.5. The fourth-order valence-corrected chi connectivity index (χ4v) is 4.01. The first-order chi connectivity index (χ1) is 14.7. The van der Waals surface area contributed by atoms with Crippen LogP contribution in [0.2, 0.25) is 10.0 Å². The van der Waals surface area contributed by atoms with Crippen molar-refractivity contribution in [2.75, 3.05) is 6.61 Å². The normalized spacial score (nSPS) is 12.2. The molecule has 0 aliphatic rings. The van der Waals surface area contributed by atoms with E-state index in [1.807, 2.05) is 61.1 Å². The quantitative estimate of drug-likeness (QED) is 0.304. The van der Waals surface area contributed by atoms with Crippen LogP contribution >= 0.6 is 23.2 Å². The number of nitrogens with zero attached hydrogens (tertiary/aromatic N) is 2. The van der Waals surface area contributed by atoms with Crippen molar-refractivity contribution in [2.24, 2.45) is 0 Å². The summed E-state index contributed by atoms with van der Waals surface area (Å²) < 4.78 is 8.59. The van der Waals surface area contributed by atoms with Gasteiger partial charge in [-0.05, 0) is 35.2 Å². The van der Waals surface area contributed by atoms with Crippen LogP contribution in [0.4, 0.5) is 0 Å². The second-order valence-electron chi connectivity index (χ2n) is 7.14. The van der Waals surface area contributed by atoms with Crippen LogP contribution in [0, 0.1) is 0 Å². The molecule has 0 bridgehead atoms. The number of aromatic nitrogens is 2. The maximum atomic E-state index is 6.52. The lowest BCUT2D eigenvalue weighted by molar-refractivity contribution is 0.0546. The van der Waals surface area contributed by atoms with Crippen LogP contribution in [0.5, 0.6) is 0 Å². The number of imidazole rings is 1. The van der Waals surface area contributed by atoms with Crippen LogP contribution in [0.25, 0.3) is 0 Å². The van der Waals surface area contributed by atoms with Gasteiger partial charge in [0.2, 0.25) is 0 Å². The van der Waals surface area contributed by atoms with Crippen molar-refractivity contribution in [2.45, 2.75) is 18.6 Å². The minimum atomic E-state index is -0.154. The minimum absolute atomic E-state index is 0.0427. The Kier molecular flexibility index (Phi) is 6.85. The third kappa shape index (κ3) is 5.11. The smallest absolute Gasteiger partial charge is 0.108 e. The zero-order valence-corrected chi connectivity index (χ0v) is 17.9. The molecule has 0 spiro atoms. The van der Waals surface area contributed by atoms with Gasteiger partial charge < -0.3 is 9.30 Å². The van der Waals surface area contributed by atoms with Gasteiger partial charge in [-0.15, -0.1) is 0 Å². The Bertz CT molecular complexity index is 1010. The van der Waals surface area contributed by atoms with E-state index in [-0.39, 0.29) is 12.1 Å². The van der Waals surface area contributed by atoms with E-state index in [1.54, 1.807) is 12.3 Å². The zero-order valence-electron chi connectivity index (χ0n) is 16.4. The number of ether oxygens (including phenoxy) is 1. The Labute approximate surface area is 186 Å². The number of rotatable bonds is 8. The van der Waals surface area contributed by atoms with Crippen molar-refractivity contribution in [3.05, 3.63) is 124 Å². The monoisotopic (exact) mass is 436 g/mol. The molecule has 0 saturated carbocycles. The SMILES string of the molecule is Clc1ccc(CC(COC(c2ccccc2)c2ccccc2)n2ccnc2)c(Cl)c1. The molecule has 0 aliphatic carbocycles. The lowest BCUT2D eigenvalue weighted by Crippen LogP contribution is -2.19. The molecule has 0 saturated heterocycles. The average Bonchev–Trinajstić information content (AvgIpc) is 3.31. The second kappa shape index (κ2) is 9.94. The van der Waals surface area contributed by atoms with Gasteiger partial charge in [-0.25, -0.2) is 4.98 Å². The first-order valence-electron chi connectivity index (χ1n) is 9.83.